The highest BCUT2D eigenvalue weighted by Gasteiger charge is 2.24. The Kier molecular flexibility index (Phi) is 12.3. The van der Waals surface area contributed by atoms with Gasteiger partial charge in [0, 0.05) is 32.8 Å². The fourth-order valence-corrected chi connectivity index (χ4v) is 6.14. The maximum Gasteiger partial charge on any atom is 0.272 e. The molecule has 0 aliphatic carbocycles. The van der Waals surface area contributed by atoms with E-state index in [1.165, 1.54) is 18.9 Å². The third-order valence-corrected chi connectivity index (χ3v) is 9.17. The molecular formula is C40H36ClN3O5S. The number of amides is 3. The highest BCUT2D eigenvalue weighted by Crippen LogP contribution is 2.38. The Morgan fingerprint density at radius 1 is 0.820 bits per heavy atom. The van der Waals surface area contributed by atoms with Crippen LogP contribution in [0.5, 0.6) is 11.5 Å². The number of aryl methyl sites for hydroxylation is 1. The molecule has 3 amide bonds. The fourth-order valence-electron chi connectivity index (χ4n) is 4.96. The Balaban J connectivity index is 1.36. The van der Waals surface area contributed by atoms with Crippen molar-refractivity contribution in [2.45, 2.75) is 24.0 Å². The lowest BCUT2D eigenvalue weighted by atomic mass is 10.1. The Labute approximate surface area is 300 Å². The van der Waals surface area contributed by atoms with Crippen molar-refractivity contribution >= 4 is 58.5 Å². The van der Waals surface area contributed by atoms with Gasteiger partial charge >= 0.3 is 0 Å². The van der Waals surface area contributed by atoms with E-state index in [0.29, 0.717) is 45.6 Å². The number of halogens is 1. The summed E-state index contributed by atoms with van der Waals surface area (Å²) < 4.78 is 11.2. The molecule has 5 aromatic rings. The number of carbonyl (C=O) groups is 3. The molecular weight excluding hydrogens is 670 g/mol. The zero-order valence-electron chi connectivity index (χ0n) is 27.7. The molecule has 1 unspecified atom stereocenters. The van der Waals surface area contributed by atoms with Crippen molar-refractivity contribution in [1.82, 2.24) is 5.32 Å². The number of ether oxygens (including phenoxy) is 2. The summed E-state index contributed by atoms with van der Waals surface area (Å²) in [5.74, 6) is -0.147. The van der Waals surface area contributed by atoms with Gasteiger partial charge in [0.1, 0.15) is 22.4 Å². The van der Waals surface area contributed by atoms with E-state index in [2.05, 4.69) is 16.0 Å². The lowest BCUT2D eigenvalue weighted by molar-refractivity contribution is -0.116. The van der Waals surface area contributed by atoms with Crippen molar-refractivity contribution < 1.29 is 23.9 Å². The Bertz CT molecular complexity index is 1990. The number of hydrogen-bond acceptors (Lipinski definition) is 6. The second-order valence-electron chi connectivity index (χ2n) is 11.0. The zero-order valence-corrected chi connectivity index (χ0v) is 29.3. The van der Waals surface area contributed by atoms with Gasteiger partial charge in [-0.3, -0.25) is 14.4 Å². The summed E-state index contributed by atoms with van der Waals surface area (Å²) in [7, 11) is 1.52. The molecule has 254 valence electrons. The van der Waals surface area contributed by atoms with E-state index >= 15 is 0 Å². The van der Waals surface area contributed by atoms with Gasteiger partial charge in [-0.1, -0.05) is 78.3 Å². The molecule has 8 nitrogen and oxygen atoms in total. The van der Waals surface area contributed by atoms with Crippen LogP contribution in [0.4, 0.5) is 11.4 Å². The largest absolute Gasteiger partial charge is 0.495 e. The average Bonchev–Trinajstić information content (AvgIpc) is 3.13. The molecule has 3 N–H and O–H groups in total. The van der Waals surface area contributed by atoms with Crippen molar-refractivity contribution in [1.29, 1.82) is 0 Å². The SMILES string of the molecule is CCOc1ccccc1/C=C(\NC(=O)c1ccccc1)C(=O)Nc1ccc(SC(C(=O)Nc2cc(C)c(Cl)cc2OC)c2ccccc2)cc1. The minimum absolute atomic E-state index is 0.0399. The van der Waals surface area contributed by atoms with E-state index in [0.717, 1.165) is 16.0 Å². The molecule has 0 heterocycles. The predicted octanol–water partition coefficient (Wildman–Crippen LogP) is 8.94. The lowest BCUT2D eigenvalue weighted by Gasteiger charge is -2.19. The molecule has 5 rings (SSSR count). The van der Waals surface area contributed by atoms with Crippen LogP contribution in [0.3, 0.4) is 0 Å². The number of nitrogens with one attached hydrogen (secondary N) is 3. The van der Waals surface area contributed by atoms with Crippen molar-refractivity contribution in [3.63, 3.8) is 0 Å². The standard InChI is InChI=1S/C40H36ClN3O5S/c1-4-49-35-18-12-11-17-29(35)24-34(44-38(45)28-15-9-6-10-16-28)39(46)42-30-19-21-31(22-20-30)50-37(27-13-7-5-8-14-27)40(47)43-33-23-26(2)32(41)25-36(33)48-3/h5-25,37H,4H2,1-3H3,(H,42,46)(H,43,47)(H,44,45)/b34-24-. The van der Waals surface area contributed by atoms with E-state index in [4.69, 9.17) is 21.1 Å². The average molecular weight is 706 g/mol. The first-order chi connectivity index (χ1) is 24.2. The van der Waals surface area contributed by atoms with Gasteiger partial charge in [-0.25, -0.2) is 0 Å². The van der Waals surface area contributed by atoms with Gasteiger partial charge in [-0.05, 0) is 79.6 Å². The number of thioether (sulfide) groups is 1. The molecule has 0 spiro atoms. The Morgan fingerprint density at radius 3 is 2.16 bits per heavy atom. The molecule has 0 aromatic heterocycles. The molecule has 0 bridgehead atoms. The Morgan fingerprint density at radius 2 is 1.48 bits per heavy atom. The molecule has 0 fully saturated rings. The van der Waals surface area contributed by atoms with E-state index in [-0.39, 0.29) is 11.6 Å². The first-order valence-electron chi connectivity index (χ1n) is 15.8. The van der Waals surface area contributed by atoms with E-state index in [1.807, 2.05) is 80.6 Å². The van der Waals surface area contributed by atoms with Gasteiger partial charge in [0.2, 0.25) is 5.91 Å². The van der Waals surface area contributed by atoms with Gasteiger partial charge in [-0.15, -0.1) is 11.8 Å². The van der Waals surface area contributed by atoms with Crippen LogP contribution >= 0.6 is 23.4 Å². The number of carbonyl (C=O) groups excluding carboxylic acids is 3. The van der Waals surface area contributed by atoms with Crippen LogP contribution in [0.1, 0.15) is 39.2 Å². The van der Waals surface area contributed by atoms with Gasteiger partial charge < -0.3 is 25.4 Å². The van der Waals surface area contributed by atoms with Crippen LogP contribution in [-0.2, 0) is 9.59 Å². The van der Waals surface area contributed by atoms with Gasteiger partial charge in [0.25, 0.3) is 11.8 Å². The van der Waals surface area contributed by atoms with E-state index in [1.54, 1.807) is 60.7 Å². The molecule has 10 heteroatoms. The van der Waals surface area contributed by atoms with Crippen LogP contribution in [0.15, 0.2) is 132 Å². The number of anilines is 2. The summed E-state index contributed by atoms with van der Waals surface area (Å²) in [5, 5.41) is 8.59. The van der Waals surface area contributed by atoms with Crippen molar-refractivity contribution in [2.24, 2.45) is 0 Å². The third-order valence-electron chi connectivity index (χ3n) is 7.49. The molecule has 0 aliphatic heterocycles. The summed E-state index contributed by atoms with van der Waals surface area (Å²) >= 11 is 7.64. The van der Waals surface area contributed by atoms with Crippen LogP contribution in [-0.4, -0.2) is 31.4 Å². The molecule has 1 atom stereocenters. The van der Waals surface area contributed by atoms with Crippen molar-refractivity contribution in [2.75, 3.05) is 24.4 Å². The molecule has 50 heavy (non-hydrogen) atoms. The van der Waals surface area contributed by atoms with Crippen LogP contribution < -0.4 is 25.4 Å². The molecule has 0 saturated carbocycles. The maximum absolute atomic E-state index is 13.7. The highest BCUT2D eigenvalue weighted by molar-refractivity contribution is 8.00. The molecule has 0 saturated heterocycles. The summed E-state index contributed by atoms with van der Waals surface area (Å²) in [5.41, 5.74) is 3.72. The quantitative estimate of drug-likeness (QED) is 0.0835. The van der Waals surface area contributed by atoms with Gasteiger partial charge in [0.05, 0.1) is 19.4 Å². The highest BCUT2D eigenvalue weighted by atomic mass is 35.5. The zero-order chi connectivity index (χ0) is 35.5. The number of para-hydroxylation sites is 1. The molecule has 0 aliphatic rings. The summed E-state index contributed by atoms with van der Waals surface area (Å²) in [6.45, 7) is 4.17. The number of hydrogen-bond donors (Lipinski definition) is 3. The summed E-state index contributed by atoms with van der Waals surface area (Å²) in [4.78, 5) is 41.3. The second kappa shape index (κ2) is 17.2. The number of rotatable bonds is 13. The first kappa shape index (κ1) is 35.8. The van der Waals surface area contributed by atoms with Crippen molar-refractivity contribution in [3.8, 4) is 11.5 Å². The third kappa shape index (κ3) is 9.34. The van der Waals surface area contributed by atoms with Crippen LogP contribution in [0, 0.1) is 6.92 Å². The van der Waals surface area contributed by atoms with Gasteiger partial charge in [-0.2, -0.15) is 0 Å². The van der Waals surface area contributed by atoms with Crippen LogP contribution in [0.2, 0.25) is 5.02 Å². The smallest absolute Gasteiger partial charge is 0.272 e. The maximum atomic E-state index is 13.7. The lowest BCUT2D eigenvalue weighted by Crippen LogP contribution is -2.30. The van der Waals surface area contributed by atoms with Crippen LogP contribution in [0.25, 0.3) is 6.08 Å². The summed E-state index contributed by atoms with van der Waals surface area (Å²) in [6.07, 6.45) is 1.59. The number of methoxy groups -OCH3 is 1. The first-order valence-corrected chi connectivity index (χ1v) is 17.1. The van der Waals surface area contributed by atoms with Gasteiger partial charge in [0.15, 0.2) is 0 Å². The van der Waals surface area contributed by atoms with Crippen molar-refractivity contribution in [3.05, 3.63) is 154 Å². The van der Waals surface area contributed by atoms with E-state index < -0.39 is 17.1 Å². The Hall–Kier alpha value is -5.51. The predicted molar refractivity (Wildman–Crippen MR) is 201 cm³/mol. The fraction of sp³-hybridized carbons (Fsp3) is 0.125. The monoisotopic (exact) mass is 705 g/mol. The minimum atomic E-state index is -0.606. The minimum Gasteiger partial charge on any atom is -0.495 e. The second-order valence-corrected chi connectivity index (χ2v) is 12.6. The normalized spacial score (nSPS) is 11.6. The molecule has 0 radical (unpaired) electrons. The molecule has 5 aromatic carbocycles. The number of benzene rings is 5. The topological polar surface area (TPSA) is 106 Å². The van der Waals surface area contributed by atoms with E-state index in [9.17, 15) is 14.4 Å². The summed E-state index contributed by atoms with van der Waals surface area (Å²) in [6, 6.07) is 36.0.